The number of piperidine rings is 1. The van der Waals surface area contributed by atoms with E-state index in [-0.39, 0.29) is 17.7 Å². The van der Waals surface area contributed by atoms with E-state index < -0.39 is 11.9 Å². The summed E-state index contributed by atoms with van der Waals surface area (Å²) >= 11 is 0. The molecule has 2 rings (SSSR count). The summed E-state index contributed by atoms with van der Waals surface area (Å²) in [6.45, 7) is 0.883. The van der Waals surface area contributed by atoms with Crippen LogP contribution in [0.4, 0.5) is 4.39 Å². The third kappa shape index (κ3) is 3.44. The van der Waals surface area contributed by atoms with Crippen LogP contribution in [0, 0.1) is 11.7 Å². The first-order valence-electron chi connectivity index (χ1n) is 7.40. The Balaban J connectivity index is 2.24. The molecule has 0 radical (unpaired) electrons. The van der Waals surface area contributed by atoms with E-state index in [1.165, 1.54) is 6.07 Å². The number of rotatable bonds is 4. The molecular weight excluding hydrogens is 285 g/mol. The lowest BCUT2D eigenvalue weighted by Gasteiger charge is -2.35. The van der Waals surface area contributed by atoms with Crippen LogP contribution in [0.25, 0.3) is 0 Å². The quantitative estimate of drug-likeness (QED) is 0.907. The van der Waals surface area contributed by atoms with E-state index in [0.717, 1.165) is 6.42 Å². The highest BCUT2D eigenvalue weighted by Crippen LogP contribution is 2.26. The molecule has 5 nitrogen and oxygen atoms in total. The van der Waals surface area contributed by atoms with Crippen LogP contribution in [0.2, 0.25) is 0 Å². The monoisotopic (exact) mass is 307 g/mol. The van der Waals surface area contributed by atoms with Crippen molar-refractivity contribution in [2.24, 2.45) is 11.7 Å². The summed E-state index contributed by atoms with van der Waals surface area (Å²) in [5.74, 6) is -1.30. The van der Waals surface area contributed by atoms with Gasteiger partial charge in [-0.3, -0.25) is 14.5 Å². The van der Waals surface area contributed by atoms with Crippen LogP contribution in [-0.2, 0) is 9.59 Å². The van der Waals surface area contributed by atoms with Gasteiger partial charge in [0.2, 0.25) is 11.8 Å². The number of carbonyl (C=O) groups excluding carboxylic acids is 2. The predicted octanol–water partition coefficient (Wildman–Crippen LogP) is 1.15. The van der Waals surface area contributed by atoms with Crippen molar-refractivity contribution in [1.29, 1.82) is 0 Å². The van der Waals surface area contributed by atoms with Crippen molar-refractivity contribution in [2.45, 2.75) is 18.9 Å². The van der Waals surface area contributed by atoms with Gasteiger partial charge in [0.1, 0.15) is 11.9 Å². The predicted molar refractivity (Wildman–Crippen MR) is 81.3 cm³/mol. The standard InChI is InChI=1S/C16H22FN3O2/c1-19(2)14(12-7-3-4-8-13(12)17)16(22)20-9-5-6-11(10-20)15(18)21/h3-4,7-8,11,14H,5-6,9-10H2,1-2H3,(H2,18,21)/t11-,14+/m0/s1. The summed E-state index contributed by atoms with van der Waals surface area (Å²) < 4.78 is 14.1. The van der Waals surface area contributed by atoms with Gasteiger partial charge in [0.15, 0.2) is 0 Å². The Morgan fingerprint density at radius 2 is 2.05 bits per heavy atom. The number of primary amides is 1. The van der Waals surface area contributed by atoms with Crippen LogP contribution in [0.15, 0.2) is 24.3 Å². The molecule has 2 atom stereocenters. The van der Waals surface area contributed by atoms with Crippen LogP contribution in [0.1, 0.15) is 24.4 Å². The number of likely N-dealkylation sites (tertiary alicyclic amines) is 1. The average molecular weight is 307 g/mol. The molecule has 0 saturated carbocycles. The molecule has 0 aromatic heterocycles. The zero-order valence-electron chi connectivity index (χ0n) is 13.0. The molecular formula is C16H22FN3O2. The fourth-order valence-corrected chi connectivity index (χ4v) is 2.91. The van der Waals surface area contributed by atoms with Gasteiger partial charge in [-0.2, -0.15) is 0 Å². The fraction of sp³-hybridized carbons (Fsp3) is 0.500. The van der Waals surface area contributed by atoms with Crippen molar-refractivity contribution in [1.82, 2.24) is 9.80 Å². The zero-order valence-corrected chi connectivity index (χ0v) is 13.0. The first-order chi connectivity index (χ1) is 10.4. The second-order valence-electron chi connectivity index (χ2n) is 5.91. The molecule has 2 N–H and O–H groups in total. The van der Waals surface area contributed by atoms with Crippen LogP contribution >= 0.6 is 0 Å². The highest BCUT2D eigenvalue weighted by atomic mass is 19.1. The Labute approximate surface area is 129 Å². The van der Waals surface area contributed by atoms with Crippen molar-refractivity contribution in [3.63, 3.8) is 0 Å². The molecule has 6 heteroatoms. The first-order valence-corrected chi connectivity index (χ1v) is 7.40. The number of hydrogen-bond donors (Lipinski definition) is 1. The average Bonchev–Trinajstić information content (AvgIpc) is 2.49. The Morgan fingerprint density at radius 1 is 1.36 bits per heavy atom. The minimum absolute atomic E-state index is 0.193. The van der Waals surface area contributed by atoms with E-state index in [1.54, 1.807) is 42.1 Å². The Hall–Kier alpha value is -1.95. The van der Waals surface area contributed by atoms with Crippen molar-refractivity contribution in [2.75, 3.05) is 27.2 Å². The summed E-state index contributed by atoms with van der Waals surface area (Å²) in [6, 6.07) is 5.58. The van der Waals surface area contributed by atoms with E-state index in [9.17, 15) is 14.0 Å². The number of halogens is 1. The van der Waals surface area contributed by atoms with Crippen LogP contribution in [-0.4, -0.2) is 48.8 Å². The number of nitrogens with zero attached hydrogens (tertiary/aromatic N) is 2. The molecule has 0 spiro atoms. The number of carbonyl (C=O) groups is 2. The lowest BCUT2D eigenvalue weighted by atomic mass is 9.95. The SMILES string of the molecule is CN(C)[C@@H](C(=O)N1CCC[C@H](C(N)=O)C1)c1ccccc1F. The molecule has 1 aliphatic heterocycles. The number of amides is 2. The van der Waals surface area contributed by atoms with Crippen LogP contribution < -0.4 is 5.73 Å². The second-order valence-corrected chi connectivity index (χ2v) is 5.91. The van der Waals surface area contributed by atoms with Gasteiger partial charge >= 0.3 is 0 Å². The van der Waals surface area contributed by atoms with Gasteiger partial charge < -0.3 is 10.6 Å². The highest BCUT2D eigenvalue weighted by Gasteiger charge is 2.33. The number of likely N-dealkylation sites (N-methyl/N-ethyl adjacent to an activating group) is 1. The van der Waals surface area contributed by atoms with Crippen molar-refractivity contribution in [3.05, 3.63) is 35.6 Å². The Morgan fingerprint density at radius 3 is 2.64 bits per heavy atom. The molecule has 0 unspecified atom stereocenters. The fourth-order valence-electron chi connectivity index (χ4n) is 2.91. The van der Waals surface area contributed by atoms with E-state index in [4.69, 9.17) is 5.73 Å². The van der Waals surface area contributed by atoms with E-state index >= 15 is 0 Å². The lowest BCUT2D eigenvalue weighted by molar-refractivity contribution is -0.139. The van der Waals surface area contributed by atoms with E-state index in [1.807, 2.05) is 0 Å². The third-order valence-electron chi connectivity index (χ3n) is 4.09. The van der Waals surface area contributed by atoms with E-state index in [0.29, 0.717) is 25.1 Å². The summed E-state index contributed by atoms with van der Waals surface area (Å²) in [4.78, 5) is 27.5. The number of hydrogen-bond acceptors (Lipinski definition) is 3. The minimum atomic E-state index is -0.701. The largest absolute Gasteiger partial charge is 0.369 e. The molecule has 1 heterocycles. The van der Waals surface area contributed by atoms with Crippen molar-refractivity contribution < 1.29 is 14.0 Å². The van der Waals surface area contributed by atoms with E-state index in [2.05, 4.69) is 0 Å². The van der Waals surface area contributed by atoms with Gasteiger partial charge in [-0.25, -0.2) is 4.39 Å². The summed E-state index contributed by atoms with van der Waals surface area (Å²) in [7, 11) is 3.48. The Bertz CT molecular complexity index is 562. The molecule has 0 aliphatic carbocycles. The zero-order chi connectivity index (χ0) is 16.3. The number of benzene rings is 1. The van der Waals surface area contributed by atoms with Gasteiger partial charge in [-0.1, -0.05) is 18.2 Å². The smallest absolute Gasteiger partial charge is 0.244 e. The first kappa shape index (κ1) is 16.4. The molecule has 2 amide bonds. The van der Waals surface area contributed by atoms with Gasteiger partial charge in [0.05, 0.1) is 5.92 Å². The second kappa shape index (κ2) is 6.87. The van der Waals surface area contributed by atoms with Gasteiger partial charge in [0, 0.05) is 18.7 Å². The summed E-state index contributed by atoms with van der Waals surface area (Å²) in [5, 5.41) is 0. The maximum absolute atomic E-state index is 14.1. The Kier molecular flexibility index (Phi) is 5.13. The van der Waals surface area contributed by atoms with Gasteiger partial charge in [-0.05, 0) is 33.0 Å². The summed E-state index contributed by atoms with van der Waals surface area (Å²) in [6.07, 6.45) is 1.43. The molecule has 120 valence electrons. The lowest BCUT2D eigenvalue weighted by Crippen LogP contribution is -2.48. The molecule has 1 aromatic carbocycles. The molecule has 1 fully saturated rings. The molecule has 1 aliphatic rings. The third-order valence-corrected chi connectivity index (χ3v) is 4.09. The maximum atomic E-state index is 14.1. The van der Waals surface area contributed by atoms with Crippen LogP contribution in [0.5, 0.6) is 0 Å². The number of nitrogens with two attached hydrogens (primary N) is 1. The maximum Gasteiger partial charge on any atom is 0.244 e. The summed E-state index contributed by atoms with van der Waals surface area (Å²) in [5.41, 5.74) is 5.70. The van der Waals surface area contributed by atoms with Gasteiger partial charge in [0.25, 0.3) is 0 Å². The van der Waals surface area contributed by atoms with Crippen molar-refractivity contribution >= 4 is 11.8 Å². The van der Waals surface area contributed by atoms with Crippen molar-refractivity contribution in [3.8, 4) is 0 Å². The molecule has 1 saturated heterocycles. The topological polar surface area (TPSA) is 66.6 Å². The van der Waals surface area contributed by atoms with Gasteiger partial charge in [-0.15, -0.1) is 0 Å². The molecule has 22 heavy (non-hydrogen) atoms. The minimum Gasteiger partial charge on any atom is -0.369 e. The molecule has 1 aromatic rings. The normalized spacial score (nSPS) is 20.0. The highest BCUT2D eigenvalue weighted by molar-refractivity contribution is 5.84. The van der Waals surface area contributed by atoms with Crippen LogP contribution in [0.3, 0.4) is 0 Å². The molecule has 0 bridgehead atoms.